The minimum Gasteiger partial charge on any atom is -0.481 e. The van der Waals surface area contributed by atoms with Gasteiger partial charge in [0.25, 0.3) is 0 Å². The van der Waals surface area contributed by atoms with E-state index in [1.807, 2.05) is 24.3 Å². The average molecular weight is 275 g/mol. The number of anilines is 1. The third-order valence-electron chi connectivity index (χ3n) is 4.01. The van der Waals surface area contributed by atoms with Crippen molar-refractivity contribution in [2.24, 2.45) is 17.3 Å². The van der Waals surface area contributed by atoms with Gasteiger partial charge >= 0.3 is 5.97 Å². The molecule has 4 nitrogen and oxygen atoms in total. The number of hydrogen-bond acceptors (Lipinski definition) is 2. The fraction of sp³-hybridized carbons (Fsp3) is 0.500. The first-order valence-electron chi connectivity index (χ1n) is 6.92. The number of amides is 1. The van der Waals surface area contributed by atoms with Crippen LogP contribution in [0.15, 0.2) is 24.3 Å². The molecule has 0 saturated heterocycles. The zero-order chi connectivity index (χ0) is 14.9. The number of rotatable bonds is 5. The first-order chi connectivity index (χ1) is 9.29. The number of aliphatic carboxylic acids is 1. The van der Waals surface area contributed by atoms with E-state index in [-0.39, 0.29) is 17.2 Å². The van der Waals surface area contributed by atoms with E-state index in [0.717, 1.165) is 17.7 Å². The van der Waals surface area contributed by atoms with Crippen LogP contribution in [0.25, 0.3) is 0 Å². The first-order valence-corrected chi connectivity index (χ1v) is 6.92. The molecule has 0 heterocycles. The van der Waals surface area contributed by atoms with Gasteiger partial charge in [-0.1, -0.05) is 32.9 Å². The Kier molecular flexibility index (Phi) is 3.84. The monoisotopic (exact) mass is 275 g/mol. The molecule has 20 heavy (non-hydrogen) atoms. The molecule has 108 valence electrons. The van der Waals surface area contributed by atoms with E-state index >= 15 is 0 Å². The fourth-order valence-corrected chi connectivity index (χ4v) is 2.31. The Morgan fingerprint density at radius 3 is 2.35 bits per heavy atom. The van der Waals surface area contributed by atoms with Crippen LogP contribution in [0.1, 0.15) is 32.8 Å². The van der Waals surface area contributed by atoms with Crippen molar-refractivity contribution in [2.75, 3.05) is 5.32 Å². The fourth-order valence-electron chi connectivity index (χ4n) is 2.31. The van der Waals surface area contributed by atoms with Crippen LogP contribution in [-0.4, -0.2) is 17.0 Å². The smallest absolute Gasteiger partial charge is 0.306 e. The van der Waals surface area contributed by atoms with Crippen LogP contribution in [-0.2, 0) is 16.0 Å². The normalized spacial score (nSPS) is 21.1. The highest BCUT2D eigenvalue weighted by Gasteiger charge is 2.50. The number of carbonyl (C=O) groups excluding carboxylic acids is 1. The minimum atomic E-state index is -0.793. The second kappa shape index (κ2) is 5.27. The summed E-state index contributed by atoms with van der Waals surface area (Å²) in [7, 11) is 0. The number of benzene rings is 1. The van der Waals surface area contributed by atoms with Gasteiger partial charge in [0.15, 0.2) is 0 Å². The molecule has 2 N–H and O–H groups in total. The molecule has 1 fully saturated rings. The summed E-state index contributed by atoms with van der Waals surface area (Å²) in [6, 6.07) is 7.40. The van der Waals surface area contributed by atoms with Crippen LogP contribution in [0.2, 0.25) is 0 Å². The van der Waals surface area contributed by atoms with Crippen molar-refractivity contribution in [3.05, 3.63) is 29.8 Å². The Morgan fingerprint density at radius 2 is 1.90 bits per heavy atom. The van der Waals surface area contributed by atoms with E-state index in [9.17, 15) is 9.59 Å². The highest BCUT2D eigenvalue weighted by Crippen LogP contribution is 2.51. The summed E-state index contributed by atoms with van der Waals surface area (Å²) in [5, 5.41) is 11.8. The SMILES string of the molecule is CC(Cc1ccc(NC(=O)C2CC2(C)C)cc1)C(=O)O. The van der Waals surface area contributed by atoms with Crippen molar-refractivity contribution < 1.29 is 14.7 Å². The lowest BCUT2D eigenvalue weighted by Crippen LogP contribution is -2.16. The molecule has 0 spiro atoms. The van der Waals surface area contributed by atoms with E-state index in [1.165, 1.54) is 0 Å². The second-order valence-electron chi connectivity index (χ2n) is 6.37. The Hall–Kier alpha value is -1.84. The van der Waals surface area contributed by atoms with E-state index in [2.05, 4.69) is 19.2 Å². The van der Waals surface area contributed by atoms with Crippen LogP contribution < -0.4 is 5.32 Å². The van der Waals surface area contributed by atoms with Crippen molar-refractivity contribution >= 4 is 17.6 Å². The molecule has 2 atom stereocenters. The van der Waals surface area contributed by atoms with Crippen molar-refractivity contribution in [3.8, 4) is 0 Å². The number of carboxylic acid groups (broad SMARTS) is 1. The average Bonchev–Trinajstić information content (AvgIpc) is 3.01. The number of nitrogens with one attached hydrogen (secondary N) is 1. The van der Waals surface area contributed by atoms with E-state index in [4.69, 9.17) is 5.11 Å². The second-order valence-corrected chi connectivity index (χ2v) is 6.37. The van der Waals surface area contributed by atoms with Gasteiger partial charge < -0.3 is 10.4 Å². The van der Waals surface area contributed by atoms with Crippen molar-refractivity contribution in [1.29, 1.82) is 0 Å². The molecule has 0 radical (unpaired) electrons. The summed E-state index contributed by atoms with van der Waals surface area (Å²) in [6.07, 6.45) is 1.44. The molecule has 1 saturated carbocycles. The van der Waals surface area contributed by atoms with Gasteiger partial charge in [-0.2, -0.15) is 0 Å². The summed E-state index contributed by atoms with van der Waals surface area (Å²) in [6.45, 7) is 5.87. The Bertz CT molecular complexity index is 519. The predicted octanol–water partition coefficient (Wildman–Crippen LogP) is 2.93. The quantitative estimate of drug-likeness (QED) is 0.868. The number of carboxylic acids is 1. The molecule has 0 aromatic heterocycles. The predicted molar refractivity (Wildman–Crippen MR) is 77.5 cm³/mol. The molecule has 1 aliphatic carbocycles. The van der Waals surface area contributed by atoms with Crippen LogP contribution in [0.4, 0.5) is 5.69 Å². The molecule has 0 aliphatic heterocycles. The molecule has 1 aromatic rings. The summed E-state index contributed by atoms with van der Waals surface area (Å²) < 4.78 is 0. The van der Waals surface area contributed by atoms with Gasteiger partial charge in [0.05, 0.1) is 5.92 Å². The van der Waals surface area contributed by atoms with Gasteiger partial charge in [-0.05, 0) is 36.0 Å². The zero-order valence-corrected chi connectivity index (χ0v) is 12.1. The maximum absolute atomic E-state index is 12.0. The molecule has 2 rings (SSSR count). The summed E-state index contributed by atoms with van der Waals surface area (Å²) in [4.78, 5) is 22.8. The summed E-state index contributed by atoms with van der Waals surface area (Å²) in [5.74, 6) is -1.02. The highest BCUT2D eigenvalue weighted by atomic mass is 16.4. The molecule has 1 amide bonds. The number of carbonyl (C=O) groups is 2. The lowest BCUT2D eigenvalue weighted by molar-refractivity contribution is -0.141. The van der Waals surface area contributed by atoms with E-state index in [1.54, 1.807) is 6.92 Å². The molecule has 1 aromatic carbocycles. The van der Waals surface area contributed by atoms with Crippen molar-refractivity contribution in [2.45, 2.75) is 33.6 Å². The Labute approximate surface area is 119 Å². The molecule has 0 bridgehead atoms. The minimum absolute atomic E-state index is 0.0710. The first kappa shape index (κ1) is 14.6. The van der Waals surface area contributed by atoms with Gasteiger partial charge in [0.1, 0.15) is 0 Å². The van der Waals surface area contributed by atoms with Gasteiger partial charge in [-0.25, -0.2) is 0 Å². The standard InChI is InChI=1S/C16H21NO3/c1-10(15(19)20)8-11-4-6-12(7-5-11)17-14(18)13-9-16(13,2)3/h4-7,10,13H,8-9H2,1-3H3,(H,17,18)(H,19,20). The summed E-state index contributed by atoms with van der Waals surface area (Å²) in [5.41, 5.74) is 1.86. The lowest BCUT2D eigenvalue weighted by atomic mass is 10.0. The Morgan fingerprint density at radius 1 is 1.35 bits per heavy atom. The molecular formula is C16H21NO3. The maximum Gasteiger partial charge on any atom is 0.306 e. The molecule has 1 aliphatic rings. The van der Waals surface area contributed by atoms with E-state index in [0.29, 0.717) is 6.42 Å². The van der Waals surface area contributed by atoms with Crippen LogP contribution in [0.5, 0.6) is 0 Å². The van der Waals surface area contributed by atoms with Gasteiger partial charge in [-0.3, -0.25) is 9.59 Å². The van der Waals surface area contributed by atoms with Crippen molar-refractivity contribution in [3.63, 3.8) is 0 Å². The number of hydrogen-bond donors (Lipinski definition) is 2. The van der Waals surface area contributed by atoms with Crippen LogP contribution in [0.3, 0.4) is 0 Å². The van der Waals surface area contributed by atoms with Crippen LogP contribution in [0, 0.1) is 17.3 Å². The van der Waals surface area contributed by atoms with Gasteiger partial charge in [0.2, 0.25) is 5.91 Å². The molecule has 2 unspecified atom stereocenters. The third kappa shape index (κ3) is 3.38. The van der Waals surface area contributed by atoms with Crippen molar-refractivity contribution in [1.82, 2.24) is 0 Å². The largest absolute Gasteiger partial charge is 0.481 e. The zero-order valence-electron chi connectivity index (χ0n) is 12.1. The lowest BCUT2D eigenvalue weighted by Gasteiger charge is -2.09. The van der Waals surface area contributed by atoms with E-state index < -0.39 is 11.9 Å². The maximum atomic E-state index is 12.0. The Balaban J connectivity index is 1.92. The topological polar surface area (TPSA) is 66.4 Å². The third-order valence-corrected chi connectivity index (χ3v) is 4.01. The summed E-state index contributed by atoms with van der Waals surface area (Å²) >= 11 is 0. The highest BCUT2D eigenvalue weighted by molar-refractivity contribution is 5.94. The van der Waals surface area contributed by atoms with Crippen LogP contribution >= 0.6 is 0 Å². The molecule has 4 heteroatoms. The van der Waals surface area contributed by atoms with Gasteiger partial charge in [0, 0.05) is 11.6 Å². The molecular weight excluding hydrogens is 254 g/mol. The van der Waals surface area contributed by atoms with Gasteiger partial charge in [-0.15, -0.1) is 0 Å².